The Kier molecular flexibility index (Phi) is 10.1. The molecule has 0 aromatic heterocycles. The van der Waals surface area contributed by atoms with Crippen LogP contribution in [0.15, 0.2) is 0 Å². The van der Waals surface area contributed by atoms with Crippen LogP contribution in [0, 0.1) is 5.92 Å². The monoisotopic (exact) mass is 217 g/mol. The third kappa shape index (κ3) is 10.4. The standard InChI is InChI=1S/C12H27NS/c1-5-6-8-13-10-12(4)14-9-7-11(2)3/h11-13H,5-10H2,1-4H3. The SMILES string of the molecule is CCCCNCC(C)SCCC(C)C. The molecule has 1 nitrogen and oxygen atoms in total. The minimum Gasteiger partial charge on any atom is -0.316 e. The van der Waals surface area contributed by atoms with E-state index in [1.807, 2.05) is 0 Å². The number of nitrogens with one attached hydrogen (secondary N) is 1. The molecule has 0 amide bonds. The molecule has 0 bridgehead atoms. The van der Waals surface area contributed by atoms with Crippen LogP contribution >= 0.6 is 11.8 Å². The molecule has 14 heavy (non-hydrogen) atoms. The topological polar surface area (TPSA) is 12.0 Å². The van der Waals surface area contributed by atoms with Crippen molar-refractivity contribution in [3.05, 3.63) is 0 Å². The summed E-state index contributed by atoms with van der Waals surface area (Å²) < 4.78 is 0. The summed E-state index contributed by atoms with van der Waals surface area (Å²) in [6, 6.07) is 0. The van der Waals surface area contributed by atoms with Gasteiger partial charge in [-0.25, -0.2) is 0 Å². The molecule has 0 radical (unpaired) electrons. The molecule has 0 saturated heterocycles. The molecule has 86 valence electrons. The zero-order chi connectivity index (χ0) is 10.8. The van der Waals surface area contributed by atoms with E-state index in [0.29, 0.717) is 0 Å². The van der Waals surface area contributed by atoms with Crippen molar-refractivity contribution in [3.8, 4) is 0 Å². The Hall–Kier alpha value is 0.310. The number of hydrogen-bond donors (Lipinski definition) is 1. The predicted molar refractivity (Wildman–Crippen MR) is 69.2 cm³/mol. The fourth-order valence-corrected chi connectivity index (χ4v) is 2.42. The number of hydrogen-bond acceptors (Lipinski definition) is 2. The van der Waals surface area contributed by atoms with Crippen molar-refractivity contribution < 1.29 is 0 Å². The molecule has 0 aliphatic carbocycles. The highest BCUT2D eigenvalue weighted by molar-refractivity contribution is 7.99. The molecule has 0 aliphatic heterocycles. The third-order valence-electron chi connectivity index (χ3n) is 2.24. The van der Waals surface area contributed by atoms with Gasteiger partial charge in [0.15, 0.2) is 0 Å². The molecular weight excluding hydrogens is 190 g/mol. The maximum Gasteiger partial charge on any atom is 0.0144 e. The molecule has 0 saturated carbocycles. The van der Waals surface area contributed by atoms with E-state index in [1.165, 1.54) is 38.1 Å². The van der Waals surface area contributed by atoms with E-state index in [0.717, 1.165) is 11.2 Å². The van der Waals surface area contributed by atoms with Gasteiger partial charge in [0.05, 0.1) is 0 Å². The number of unbranched alkanes of at least 4 members (excludes halogenated alkanes) is 1. The number of thioether (sulfide) groups is 1. The van der Waals surface area contributed by atoms with Crippen molar-refractivity contribution in [1.29, 1.82) is 0 Å². The lowest BCUT2D eigenvalue weighted by Crippen LogP contribution is -2.23. The van der Waals surface area contributed by atoms with Crippen molar-refractivity contribution in [3.63, 3.8) is 0 Å². The normalized spacial score (nSPS) is 13.5. The van der Waals surface area contributed by atoms with Gasteiger partial charge in [-0.05, 0) is 31.1 Å². The van der Waals surface area contributed by atoms with Gasteiger partial charge in [0.2, 0.25) is 0 Å². The summed E-state index contributed by atoms with van der Waals surface area (Å²) in [5, 5.41) is 4.27. The van der Waals surface area contributed by atoms with Gasteiger partial charge in [-0.2, -0.15) is 11.8 Å². The third-order valence-corrected chi connectivity index (χ3v) is 3.44. The molecule has 0 spiro atoms. The largest absolute Gasteiger partial charge is 0.316 e. The average molecular weight is 217 g/mol. The quantitative estimate of drug-likeness (QED) is 0.593. The number of rotatable bonds is 9. The molecule has 1 atom stereocenters. The van der Waals surface area contributed by atoms with Crippen LogP contribution in [0.4, 0.5) is 0 Å². The van der Waals surface area contributed by atoms with Crippen molar-refractivity contribution in [2.75, 3.05) is 18.8 Å². The molecule has 0 fully saturated rings. The first-order valence-corrected chi connectivity index (χ1v) is 7.04. The summed E-state index contributed by atoms with van der Waals surface area (Å²) in [4.78, 5) is 0. The molecule has 0 aromatic rings. The second-order valence-electron chi connectivity index (χ2n) is 4.42. The highest BCUT2D eigenvalue weighted by Gasteiger charge is 2.02. The molecule has 2 heteroatoms. The summed E-state index contributed by atoms with van der Waals surface area (Å²) in [6.07, 6.45) is 3.95. The molecule has 1 N–H and O–H groups in total. The minimum atomic E-state index is 0.769. The van der Waals surface area contributed by atoms with Crippen LogP contribution in [0.3, 0.4) is 0 Å². The summed E-state index contributed by atoms with van der Waals surface area (Å²) in [5.41, 5.74) is 0. The van der Waals surface area contributed by atoms with Crippen LogP contribution in [0.1, 0.15) is 47.0 Å². The highest BCUT2D eigenvalue weighted by atomic mass is 32.2. The first-order chi connectivity index (χ1) is 6.66. The first kappa shape index (κ1) is 14.3. The maximum atomic E-state index is 3.50. The lowest BCUT2D eigenvalue weighted by Gasteiger charge is -2.12. The van der Waals surface area contributed by atoms with Crippen molar-refractivity contribution in [2.24, 2.45) is 5.92 Å². The van der Waals surface area contributed by atoms with Gasteiger partial charge in [0.25, 0.3) is 0 Å². The van der Waals surface area contributed by atoms with Crippen LogP contribution in [0.5, 0.6) is 0 Å². The summed E-state index contributed by atoms with van der Waals surface area (Å²) in [7, 11) is 0. The Labute approximate surface area is 94.4 Å². The highest BCUT2D eigenvalue weighted by Crippen LogP contribution is 2.13. The van der Waals surface area contributed by atoms with Gasteiger partial charge >= 0.3 is 0 Å². The lowest BCUT2D eigenvalue weighted by atomic mass is 10.2. The Morgan fingerprint density at radius 1 is 1.21 bits per heavy atom. The zero-order valence-corrected chi connectivity index (χ0v) is 11.1. The van der Waals surface area contributed by atoms with E-state index in [9.17, 15) is 0 Å². The second kappa shape index (κ2) is 9.85. The van der Waals surface area contributed by atoms with Crippen LogP contribution in [-0.2, 0) is 0 Å². The summed E-state index contributed by atoms with van der Waals surface area (Å²) in [6.45, 7) is 11.5. The van der Waals surface area contributed by atoms with Gasteiger partial charge in [0, 0.05) is 11.8 Å². The molecule has 0 rings (SSSR count). The van der Waals surface area contributed by atoms with Gasteiger partial charge in [-0.1, -0.05) is 34.1 Å². The van der Waals surface area contributed by atoms with Crippen molar-refractivity contribution in [1.82, 2.24) is 5.32 Å². The van der Waals surface area contributed by atoms with E-state index in [1.54, 1.807) is 0 Å². The smallest absolute Gasteiger partial charge is 0.0144 e. The van der Waals surface area contributed by atoms with E-state index in [-0.39, 0.29) is 0 Å². The van der Waals surface area contributed by atoms with Gasteiger partial charge in [-0.3, -0.25) is 0 Å². The Morgan fingerprint density at radius 2 is 1.93 bits per heavy atom. The maximum absolute atomic E-state index is 3.50. The van der Waals surface area contributed by atoms with Crippen molar-refractivity contribution in [2.45, 2.75) is 52.2 Å². The zero-order valence-electron chi connectivity index (χ0n) is 10.3. The Balaban J connectivity index is 3.15. The van der Waals surface area contributed by atoms with Crippen LogP contribution in [0.25, 0.3) is 0 Å². The molecule has 1 unspecified atom stereocenters. The van der Waals surface area contributed by atoms with E-state index >= 15 is 0 Å². The predicted octanol–water partition coefficient (Wildman–Crippen LogP) is 3.54. The second-order valence-corrected chi connectivity index (χ2v) is 5.97. The summed E-state index contributed by atoms with van der Waals surface area (Å²) in [5.74, 6) is 2.16. The van der Waals surface area contributed by atoms with Crippen LogP contribution < -0.4 is 5.32 Å². The van der Waals surface area contributed by atoms with Crippen LogP contribution in [-0.4, -0.2) is 24.1 Å². The minimum absolute atomic E-state index is 0.769. The lowest BCUT2D eigenvalue weighted by molar-refractivity contribution is 0.625. The molecule has 0 aliphatic rings. The Bertz CT molecular complexity index is 115. The van der Waals surface area contributed by atoms with Crippen LogP contribution in [0.2, 0.25) is 0 Å². The molecule has 0 heterocycles. The first-order valence-electron chi connectivity index (χ1n) is 5.99. The summed E-state index contributed by atoms with van der Waals surface area (Å²) >= 11 is 2.10. The molecular formula is C12H27NS. The van der Waals surface area contributed by atoms with Crippen molar-refractivity contribution >= 4 is 11.8 Å². The fourth-order valence-electron chi connectivity index (χ4n) is 1.17. The molecule has 0 aromatic carbocycles. The van der Waals surface area contributed by atoms with Gasteiger partial charge < -0.3 is 5.32 Å². The van der Waals surface area contributed by atoms with Gasteiger partial charge in [-0.15, -0.1) is 0 Å². The van der Waals surface area contributed by atoms with E-state index < -0.39 is 0 Å². The van der Waals surface area contributed by atoms with Gasteiger partial charge in [0.1, 0.15) is 0 Å². The average Bonchev–Trinajstić information content (AvgIpc) is 2.12. The van der Waals surface area contributed by atoms with E-state index in [2.05, 4.69) is 44.8 Å². The van der Waals surface area contributed by atoms with E-state index in [4.69, 9.17) is 0 Å². The Morgan fingerprint density at radius 3 is 2.50 bits per heavy atom. The fraction of sp³-hybridized carbons (Fsp3) is 1.00.